The van der Waals surface area contributed by atoms with Gasteiger partial charge in [-0.25, -0.2) is 4.98 Å². The molecule has 0 radical (unpaired) electrons. The van der Waals surface area contributed by atoms with E-state index in [0.717, 1.165) is 42.7 Å². The number of Topliss-reactive ketones (excluding diaryl/α,β-unsaturated/α-hetero) is 1. The van der Waals surface area contributed by atoms with Gasteiger partial charge in [0.05, 0.1) is 17.5 Å². The smallest absolute Gasteiger partial charge is 0.169 e. The average molecular weight is 272 g/mol. The summed E-state index contributed by atoms with van der Waals surface area (Å²) in [6.45, 7) is 3.75. The second-order valence-corrected chi connectivity index (χ2v) is 5.31. The van der Waals surface area contributed by atoms with Gasteiger partial charge in [0.25, 0.3) is 0 Å². The van der Waals surface area contributed by atoms with E-state index in [1.54, 1.807) is 0 Å². The SMILES string of the molecule is CCCn1c(CC(=O)C2CCCO2)nc2ccccc21. The maximum atomic E-state index is 12.3. The topological polar surface area (TPSA) is 44.1 Å². The zero-order chi connectivity index (χ0) is 13.9. The van der Waals surface area contributed by atoms with Crippen molar-refractivity contribution in [3.05, 3.63) is 30.1 Å². The number of imidazole rings is 1. The van der Waals surface area contributed by atoms with E-state index in [0.29, 0.717) is 13.0 Å². The van der Waals surface area contributed by atoms with E-state index < -0.39 is 0 Å². The third-order valence-corrected chi connectivity index (χ3v) is 3.80. The van der Waals surface area contributed by atoms with Crippen molar-refractivity contribution in [1.82, 2.24) is 9.55 Å². The highest BCUT2D eigenvalue weighted by Crippen LogP contribution is 2.19. The van der Waals surface area contributed by atoms with Gasteiger partial charge in [-0.3, -0.25) is 4.79 Å². The molecule has 0 saturated carbocycles. The Bertz CT molecular complexity index is 612. The first-order chi connectivity index (χ1) is 9.79. The molecular weight excluding hydrogens is 252 g/mol. The van der Waals surface area contributed by atoms with Gasteiger partial charge >= 0.3 is 0 Å². The molecule has 1 unspecified atom stereocenters. The van der Waals surface area contributed by atoms with Gasteiger partial charge in [-0.05, 0) is 31.4 Å². The van der Waals surface area contributed by atoms with Crippen LogP contribution in [-0.4, -0.2) is 28.0 Å². The minimum absolute atomic E-state index is 0.162. The number of aromatic nitrogens is 2. The number of nitrogens with zero attached hydrogens (tertiary/aromatic N) is 2. The number of carbonyl (C=O) groups is 1. The molecule has 1 saturated heterocycles. The van der Waals surface area contributed by atoms with Crippen LogP contribution in [0, 0.1) is 0 Å². The molecule has 1 aliphatic heterocycles. The molecular formula is C16H20N2O2. The fourth-order valence-electron chi connectivity index (χ4n) is 2.83. The van der Waals surface area contributed by atoms with Gasteiger partial charge in [0.15, 0.2) is 5.78 Å². The van der Waals surface area contributed by atoms with Crippen molar-refractivity contribution in [2.45, 2.75) is 45.3 Å². The molecule has 0 amide bonds. The molecule has 4 nitrogen and oxygen atoms in total. The van der Waals surface area contributed by atoms with Crippen LogP contribution >= 0.6 is 0 Å². The molecule has 1 fully saturated rings. The van der Waals surface area contributed by atoms with Crippen LogP contribution in [0.1, 0.15) is 32.0 Å². The van der Waals surface area contributed by atoms with E-state index in [2.05, 4.69) is 22.5 Å². The molecule has 0 bridgehead atoms. The zero-order valence-corrected chi connectivity index (χ0v) is 11.8. The first-order valence-electron chi connectivity index (χ1n) is 7.38. The molecule has 20 heavy (non-hydrogen) atoms. The number of hydrogen-bond acceptors (Lipinski definition) is 3. The number of carbonyl (C=O) groups excluding carboxylic acids is 1. The standard InChI is InChI=1S/C16H20N2O2/c1-2-9-18-13-7-4-3-6-12(13)17-16(18)11-14(19)15-8-5-10-20-15/h3-4,6-7,15H,2,5,8-11H2,1H3. The van der Waals surface area contributed by atoms with E-state index >= 15 is 0 Å². The summed E-state index contributed by atoms with van der Waals surface area (Å²) in [5.74, 6) is 1.03. The van der Waals surface area contributed by atoms with Crippen LogP contribution < -0.4 is 0 Å². The van der Waals surface area contributed by atoms with Crippen molar-refractivity contribution >= 4 is 16.8 Å². The van der Waals surface area contributed by atoms with Gasteiger partial charge in [-0.2, -0.15) is 0 Å². The molecule has 2 heterocycles. The minimum Gasteiger partial charge on any atom is -0.370 e. The number of fused-ring (bicyclic) bond motifs is 1. The Morgan fingerprint density at radius 1 is 1.45 bits per heavy atom. The highest BCUT2D eigenvalue weighted by atomic mass is 16.5. The molecule has 0 aliphatic carbocycles. The number of benzene rings is 1. The van der Waals surface area contributed by atoms with Crippen LogP contribution in [-0.2, 0) is 22.5 Å². The van der Waals surface area contributed by atoms with E-state index in [9.17, 15) is 4.79 Å². The summed E-state index contributed by atoms with van der Waals surface area (Å²) in [4.78, 5) is 16.9. The number of para-hydroxylation sites is 2. The van der Waals surface area contributed by atoms with E-state index in [1.807, 2.05) is 18.2 Å². The first-order valence-corrected chi connectivity index (χ1v) is 7.38. The minimum atomic E-state index is -0.218. The van der Waals surface area contributed by atoms with Crippen molar-refractivity contribution in [3.63, 3.8) is 0 Å². The molecule has 2 aromatic rings. The fraction of sp³-hybridized carbons (Fsp3) is 0.500. The number of hydrogen-bond donors (Lipinski definition) is 0. The van der Waals surface area contributed by atoms with Gasteiger partial charge in [-0.15, -0.1) is 0 Å². The maximum absolute atomic E-state index is 12.3. The molecule has 1 aliphatic rings. The highest BCUT2D eigenvalue weighted by molar-refractivity contribution is 5.86. The molecule has 1 aromatic heterocycles. The Hall–Kier alpha value is -1.68. The van der Waals surface area contributed by atoms with Crippen LogP contribution in [0.3, 0.4) is 0 Å². The normalized spacial score (nSPS) is 18.8. The van der Waals surface area contributed by atoms with Gasteiger partial charge in [0.1, 0.15) is 11.9 Å². The summed E-state index contributed by atoms with van der Waals surface area (Å²) < 4.78 is 7.64. The van der Waals surface area contributed by atoms with Crippen molar-refractivity contribution in [2.75, 3.05) is 6.61 Å². The lowest BCUT2D eigenvalue weighted by molar-refractivity contribution is -0.127. The van der Waals surface area contributed by atoms with Gasteiger partial charge in [-0.1, -0.05) is 19.1 Å². The molecule has 0 spiro atoms. The second kappa shape index (κ2) is 5.75. The van der Waals surface area contributed by atoms with Crippen molar-refractivity contribution < 1.29 is 9.53 Å². The molecule has 1 aromatic carbocycles. The Labute approximate surface area is 118 Å². The Kier molecular flexibility index (Phi) is 3.83. The summed E-state index contributed by atoms with van der Waals surface area (Å²) in [5, 5.41) is 0. The summed E-state index contributed by atoms with van der Waals surface area (Å²) >= 11 is 0. The number of ketones is 1. The molecule has 106 valence electrons. The summed E-state index contributed by atoms with van der Waals surface area (Å²) in [7, 11) is 0. The third-order valence-electron chi connectivity index (χ3n) is 3.80. The fourth-order valence-corrected chi connectivity index (χ4v) is 2.83. The van der Waals surface area contributed by atoms with E-state index in [-0.39, 0.29) is 11.9 Å². The lowest BCUT2D eigenvalue weighted by atomic mass is 10.1. The Balaban J connectivity index is 1.89. The third kappa shape index (κ3) is 2.48. The summed E-state index contributed by atoms with van der Waals surface area (Å²) in [6, 6.07) is 8.07. The van der Waals surface area contributed by atoms with Crippen molar-refractivity contribution in [1.29, 1.82) is 0 Å². The van der Waals surface area contributed by atoms with E-state index in [1.165, 1.54) is 0 Å². The molecule has 0 N–H and O–H groups in total. The van der Waals surface area contributed by atoms with Gasteiger partial charge in [0.2, 0.25) is 0 Å². The van der Waals surface area contributed by atoms with Gasteiger partial charge < -0.3 is 9.30 Å². The number of rotatable bonds is 5. The predicted molar refractivity (Wildman–Crippen MR) is 77.7 cm³/mol. The highest BCUT2D eigenvalue weighted by Gasteiger charge is 2.25. The van der Waals surface area contributed by atoms with Crippen LogP contribution in [0.2, 0.25) is 0 Å². The largest absolute Gasteiger partial charge is 0.370 e. The monoisotopic (exact) mass is 272 g/mol. The van der Waals surface area contributed by atoms with Crippen LogP contribution in [0.5, 0.6) is 0 Å². The maximum Gasteiger partial charge on any atom is 0.169 e. The first kappa shape index (κ1) is 13.3. The lowest BCUT2D eigenvalue weighted by Crippen LogP contribution is -2.23. The van der Waals surface area contributed by atoms with Crippen LogP contribution in [0.25, 0.3) is 11.0 Å². The number of ether oxygens (including phenoxy) is 1. The molecule has 1 atom stereocenters. The summed E-state index contributed by atoms with van der Waals surface area (Å²) in [5.41, 5.74) is 2.08. The van der Waals surface area contributed by atoms with Crippen molar-refractivity contribution in [2.24, 2.45) is 0 Å². The quantitative estimate of drug-likeness (QED) is 0.840. The molecule has 3 rings (SSSR count). The average Bonchev–Trinajstić information content (AvgIpc) is 3.08. The van der Waals surface area contributed by atoms with Crippen LogP contribution in [0.4, 0.5) is 0 Å². The van der Waals surface area contributed by atoms with Crippen molar-refractivity contribution in [3.8, 4) is 0 Å². The predicted octanol–water partition coefficient (Wildman–Crippen LogP) is 2.74. The van der Waals surface area contributed by atoms with Gasteiger partial charge in [0, 0.05) is 13.2 Å². The lowest BCUT2D eigenvalue weighted by Gasteiger charge is -2.10. The Morgan fingerprint density at radius 2 is 2.30 bits per heavy atom. The Morgan fingerprint density at radius 3 is 3.05 bits per heavy atom. The zero-order valence-electron chi connectivity index (χ0n) is 11.8. The molecule has 4 heteroatoms. The summed E-state index contributed by atoms with van der Waals surface area (Å²) in [6.07, 6.45) is 3.03. The second-order valence-electron chi connectivity index (χ2n) is 5.31. The van der Waals surface area contributed by atoms with E-state index in [4.69, 9.17) is 4.74 Å². The van der Waals surface area contributed by atoms with Crippen LogP contribution in [0.15, 0.2) is 24.3 Å². The number of aryl methyl sites for hydroxylation is 1.